The third-order valence-corrected chi connectivity index (χ3v) is 2.82. The third kappa shape index (κ3) is 4.63. The Kier molecular flexibility index (Phi) is 5.40. The molecule has 1 aliphatic carbocycles. The topological polar surface area (TPSA) is 21.3 Å². The van der Waals surface area contributed by atoms with Gasteiger partial charge in [0.1, 0.15) is 0 Å². The number of hydrogen-bond acceptors (Lipinski definition) is 2. The lowest BCUT2D eigenvalue weighted by molar-refractivity contribution is 0.143. The van der Waals surface area contributed by atoms with Gasteiger partial charge in [-0.2, -0.15) is 0 Å². The molecular formula is C11H23NO. The highest BCUT2D eigenvalue weighted by Gasteiger charge is 2.17. The quantitative estimate of drug-likeness (QED) is 0.663. The average Bonchev–Trinajstić information content (AvgIpc) is 2.13. The van der Waals surface area contributed by atoms with Gasteiger partial charge in [0.25, 0.3) is 0 Å². The number of nitrogens with one attached hydrogen (secondary N) is 1. The Morgan fingerprint density at radius 3 is 2.92 bits per heavy atom. The van der Waals surface area contributed by atoms with E-state index in [4.69, 9.17) is 4.74 Å². The molecule has 2 nitrogen and oxygen atoms in total. The van der Waals surface area contributed by atoms with Gasteiger partial charge in [0, 0.05) is 19.2 Å². The van der Waals surface area contributed by atoms with Gasteiger partial charge in [0.05, 0.1) is 6.61 Å². The van der Waals surface area contributed by atoms with Crippen LogP contribution in [0.3, 0.4) is 0 Å². The highest BCUT2D eigenvalue weighted by atomic mass is 16.5. The van der Waals surface area contributed by atoms with Crippen LogP contribution in [-0.2, 0) is 4.74 Å². The Bertz CT molecular complexity index is 127. The maximum Gasteiger partial charge on any atom is 0.0590 e. The summed E-state index contributed by atoms with van der Waals surface area (Å²) in [6, 6.07) is 0.754. The van der Waals surface area contributed by atoms with Gasteiger partial charge in [0.15, 0.2) is 0 Å². The number of hydrogen-bond donors (Lipinski definition) is 1. The number of rotatable bonds is 5. The predicted molar refractivity (Wildman–Crippen MR) is 55.9 cm³/mol. The average molecular weight is 185 g/mol. The monoisotopic (exact) mass is 185 g/mol. The molecule has 0 bridgehead atoms. The molecule has 0 aromatic rings. The van der Waals surface area contributed by atoms with Gasteiger partial charge in [0.2, 0.25) is 0 Å². The van der Waals surface area contributed by atoms with Gasteiger partial charge in [-0.3, -0.25) is 0 Å². The summed E-state index contributed by atoms with van der Waals surface area (Å²) in [6.45, 7) is 7.12. The summed E-state index contributed by atoms with van der Waals surface area (Å²) in [6.07, 6.45) is 5.53. The molecule has 1 saturated carbocycles. The van der Waals surface area contributed by atoms with Crippen molar-refractivity contribution in [3.05, 3.63) is 0 Å². The van der Waals surface area contributed by atoms with Crippen molar-refractivity contribution in [1.82, 2.24) is 5.32 Å². The molecule has 2 atom stereocenters. The van der Waals surface area contributed by atoms with Crippen molar-refractivity contribution in [2.75, 3.05) is 19.8 Å². The Balaban J connectivity index is 2.00. The first kappa shape index (κ1) is 11.0. The molecule has 0 aromatic heterocycles. The van der Waals surface area contributed by atoms with E-state index in [0.717, 1.165) is 31.7 Å². The molecule has 1 fully saturated rings. The van der Waals surface area contributed by atoms with E-state index < -0.39 is 0 Å². The van der Waals surface area contributed by atoms with Crippen LogP contribution in [0, 0.1) is 5.92 Å². The molecule has 78 valence electrons. The van der Waals surface area contributed by atoms with Crippen LogP contribution >= 0.6 is 0 Å². The van der Waals surface area contributed by atoms with Gasteiger partial charge in [-0.15, -0.1) is 0 Å². The van der Waals surface area contributed by atoms with Gasteiger partial charge < -0.3 is 10.1 Å². The molecule has 0 unspecified atom stereocenters. The predicted octanol–water partition coefficient (Wildman–Crippen LogP) is 2.19. The zero-order chi connectivity index (χ0) is 9.52. The maximum absolute atomic E-state index is 5.29. The van der Waals surface area contributed by atoms with E-state index in [2.05, 4.69) is 12.2 Å². The largest absolute Gasteiger partial charge is 0.380 e. The molecule has 0 spiro atoms. The first-order valence-corrected chi connectivity index (χ1v) is 5.64. The molecule has 13 heavy (non-hydrogen) atoms. The fraction of sp³-hybridized carbons (Fsp3) is 1.00. The molecular weight excluding hydrogens is 162 g/mol. The molecule has 0 saturated heterocycles. The minimum absolute atomic E-state index is 0.754. The summed E-state index contributed by atoms with van der Waals surface area (Å²) in [5, 5.41) is 3.56. The lowest BCUT2D eigenvalue weighted by atomic mass is 9.87. The zero-order valence-corrected chi connectivity index (χ0v) is 9.01. The molecule has 1 rings (SSSR count). The van der Waals surface area contributed by atoms with E-state index in [9.17, 15) is 0 Å². The summed E-state index contributed by atoms with van der Waals surface area (Å²) in [5.74, 6) is 0.915. The molecule has 2 heteroatoms. The van der Waals surface area contributed by atoms with Crippen molar-refractivity contribution in [1.29, 1.82) is 0 Å². The van der Waals surface area contributed by atoms with Gasteiger partial charge in [-0.1, -0.05) is 19.8 Å². The van der Waals surface area contributed by atoms with Crippen LogP contribution in [0.25, 0.3) is 0 Å². The summed E-state index contributed by atoms with van der Waals surface area (Å²) >= 11 is 0. The molecule has 0 aliphatic heterocycles. The van der Waals surface area contributed by atoms with E-state index in [1.165, 1.54) is 25.7 Å². The second kappa shape index (κ2) is 6.39. The fourth-order valence-electron chi connectivity index (χ4n) is 2.10. The van der Waals surface area contributed by atoms with Crippen molar-refractivity contribution in [3.8, 4) is 0 Å². The second-order valence-corrected chi connectivity index (χ2v) is 4.12. The second-order valence-electron chi connectivity index (χ2n) is 4.12. The van der Waals surface area contributed by atoms with Crippen molar-refractivity contribution < 1.29 is 4.74 Å². The molecule has 1 N–H and O–H groups in total. The zero-order valence-electron chi connectivity index (χ0n) is 9.01. The molecule has 0 aromatic carbocycles. The van der Waals surface area contributed by atoms with Crippen LogP contribution in [0.2, 0.25) is 0 Å². The smallest absolute Gasteiger partial charge is 0.0590 e. The Hall–Kier alpha value is -0.0800. The normalized spacial score (nSPS) is 29.1. The van der Waals surface area contributed by atoms with Gasteiger partial charge in [-0.05, 0) is 25.7 Å². The summed E-state index contributed by atoms with van der Waals surface area (Å²) in [5.41, 5.74) is 0. The van der Waals surface area contributed by atoms with Crippen LogP contribution < -0.4 is 5.32 Å². The fourth-order valence-corrected chi connectivity index (χ4v) is 2.10. The lowest BCUT2D eigenvalue weighted by Gasteiger charge is -2.27. The van der Waals surface area contributed by atoms with Crippen LogP contribution in [0.1, 0.15) is 39.5 Å². The van der Waals surface area contributed by atoms with Crippen LogP contribution in [0.5, 0.6) is 0 Å². The van der Waals surface area contributed by atoms with E-state index in [0.29, 0.717) is 0 Å². The summed E-state index contributed by atoms with van der Waals surface area (Å²) in [4.78, 5) is 0. The number of ether oxygens (including phenoxy) is 1. The Morgan fingerprint density at radius 2 is 2.23 bits per heavy atom. The Morgan fingerprint density at radius 1 is 1.38 bits per heavy atom. The maximum atomic E-state index is 5.29. The van der Waals surface area contributed by atoms with E-state index in [1.807, 2.05) is 6.92 Å². The molecule has 0 heterocycles. The van der Waals surface area contributed by atoms with E-state index in [1.54, 1.807) is 0 Å². The van der Waals surface area contributed by atoms with Gasteiger partial charge >= 0.3 is 0 Å². The van der Waals surface area contributed by atoms with Crippen LogP contribution in [-0.4, -0.2) is 25.8 Å². The standard InChI is InChI=1S/C11H23NO/c1-3-13-8-7-12-11-6-4-5-10(2)9-11/h10-12H,3-9H2,1-2H3/t10-,11+/m0/s1. The first-order valence-electron chi connectivity index (χ1n) is 5.64. The van der Waals surface area contributed by atoms with Crippen molar-refractivity contribution in [2.24, 2.45) is 5.92 Å². The van der Waals surface area contributed by atoms with Crippen LogP contribution in [0.15, 0.2) is 0 Å². The van der Waals surface area contributed by atoms with E-state index in [-0.39, 0.29) is 0 Å². The summed E-state index contributed by atoms with van der Waals surface area (Å²) in [7, 11) is 0. The SMILES string of the molecule is CCOCCN[C@@H]1CCC[C@H](C)C1. The molecule has 0 amide bonds. The molecule has 0 radical (unpaired) electrons. The highest BCUT2D eigenvalue weighted by molar-refractivity contribution is 4.75. The minimum atomic E-state index is 0.754. The Labute approximate surface area is 82.0 Å². The highest BCUT2D eigenvalue weighted by Crippen LogP contribution is 2.23. The van der Waals surface area contributed by atoms with Crippen LogP contribution in [0.4, 0.5) is 0 Å². The summed E-state index contributed by atoms with van der Waals surface area (Å²) < 4.78 is 5.29. The van der Waals surface area contributed by atoms with Crippen molar-refractivity contribution >= 4 is 0 Å². The van der Waals surface area contributed by atoms with Crippen molar-refractivity contribution in [2.45, 2.75) is 45.6 Å². The van der Waals surface area contributed by atoms with Gasteiger partial charge in [-0.25, -0.2) is 0 Å². The minimum Gasteiger partial charge on any atom is -0.380 e. The third-order valence-electron chi connectivity index (χ3n) is 2.82. The van der Waals surface area contributed by atoms with E-state index >= 15 is 0 Å². The molecule has 1 aliphatic rings. The van der Waals surface area contributed by atoms with Crippen molar-refractivity contribution in [3.63, 3.8) is 0 Å². The lowest BCUT2D eigenvalue weighted by Crippen LogP contribution is -2.35. The first-order chi connectivity index (χ1) is 6.33.